The summed E-state index contributed by atoms with van der Waals surface area (Å²) in [6, 6.07) is 3.00. The van der Waals surface area contributed by atoms with Gasteiger partial charge in [-0.15, -0.1) is 0 Å². The van der Waals surface area contributed by atoms with Crippen LogP contribution in [0.3, 0.4) is 0 Å². The Morgan fingerprint density at radius 2 is 2.05 bits per heavy atom. The number of hydrogen-bond acceptors (Lipinski definition) is 8. The molecule has 10 heteroatoms. The summed E-state index contributed by atoms with van der Waals surface area (Å²) >= 11 is 0. The Morgan fingerprint density at radius 3 is 2.67 bits per heavy atom. The Balaban J connectivity index is 2.45. The largest absolute Gasteiger partial charge is 0.414 e. The number of nitrogens with zero attached hydrogens (tertiary/aromatic N) is 5. The number of ether oxygens (including phenoxy) is 1. The average molecular weight is 294 g/mol. The predicted octanol–water partition coefficient (Wildman–Crippen LogP) is 1.36. The molecule has 0 fully saturated rings. The number of nitrogen functional groups attached to an aromatic ring is 1. The van der Waals surface area contributed by atoms with Crippen LogP contribution >= 0.6 is 0 Å². The lowest BCUT2D eigenvalue weighted by molar-refractivity contribution is -0.385. The predicted molar refractivity (Wildman–Crippen MR) is 71.7 cm³/mol. The number of aromatic nitrogens is 3. The minimum absolute atomic E-state index is 0.150. The summed E-state index contributed by atoms with van der Waals surface area (Å²) in [7, 11) is 3.31. The van der Waals surface area contributed by atoms with E-state index >= 15 is 0 Å². The summed E-state index contributed by atoms with van der Waals surface area (Å²) in [5.41, 5.74) is 4.95. The van der Waals surface area contributed by atoms with Gasteiger partial charge in [-0.3, -0.25) is 10.1 Å². The molecule has 0 atom stereocenters. The van der Waals surface area contributed by atoms with Gasteiger partial charge >= 0.3 is 11.7 Å². The van der Waals surface area contributed by atoms with Crippen LogP contribution in [0.25, 0.3) is 0 Å². The van der Waals surface area contributed by atoms with Gasteiger partial charge in [0.25, 0.3) is 0 Å². The monoisotopic (exact) mass is 294 g/mol. The van der Waals surface area contributed by atoms with Crippen LogP contribution in [-0.4, -0.2) is 34.0 Å². The van der Waals surface area contributed by atoms with Gasteiger partial charge in [0.15, 0.2) is 5.82 Å². The van der Waals surface area contributed by atoms with Gasteiger partial charge in [0, 0.05) is 20.2 Å². The maximum atomic E-state index is 13.7. The molecule has 0 saturated carbocycles. The molecule has 0 radical (unpaired) electrons. The van der Waals surface area contributed by atoms with Crippen molar-refractivity contribution in [1.82, 2.24) is 15.0 Å². The molecule has 0 bridgehead atoms. The Morgan fingerprint density at radius 1 is 1.33 bits per heavy atom. The van der Waals surface area contributed by atoms with Gasteiger partial charge in [-0.05, 0) is 6.07 Å². The first-order valence-corrected chi connectivity index (χ1v) is 5.68. The molecular formula is C11H11FN6O3. The summed E-state index contributed by atoms with van der Waals surface area (Å²) in [5, 5.41) is 10.9. The van der Waals surface area contributed by atoms with E-state index in [-0.39, 0.29) is 17.9 Å². The number of nitro groups is 1. The van der Waals surface area contributed by atoms with Crippen LogP contribution in [0.2, 0.25) is 0 Å². The summed E-state index contributed by atoms with van der Waals surface area (Å²) < 4.78 is 18.8. The molecule has 0 spiro atoms. The molecule has 1 aromatic carbocycles. The van der Waals surface area contributed by atoms with Crippen molar-refractivity contribution in [2.75, 3.05) is 24.7 Å². The summed E-state index contributed by atoms with van der Waals surface area (Å²) in [6.07, 6.45) is 0. The van der Waals surface area contributed by atoms with Crippen molar-refractivity contribution in [1.29, 1.82) is 0 Å². The molecule has 1 heterocycles. The van der Waals surface area contributed by atoms with Crippen LogP contribution in [0.4, 0.5) is 22.0 Å². The maximum absolute atomic E-state index is 13.7. The van der Waals surface area contributed by atoms with Crippen molar-refractivity contribution in [2.45, 2.75) is 0 Å². The van der Waals surface area contributed by atoms with Crippen LogP contribution in [0.15, 0.2) is 18.2 Å². The number of nitro benzene ring substituents is 1. The van der Waals surface area contributed by atoms with E-state index in [0.29, 0.717) is 0 Å². The van der Waals surface area contributed by atoms with Gasteiger partial charge in [0.05, 0.1) is 4.92 Å². The van der Waals surface area contributed by atoms with E-state index in [1.165, 1.54) is 11.0 Å². The fourth-order valence-corrected chi connectivity index (χ4v) is 1.44. The molecule has 0 aliphatic carbocycles. The average Bonchev–Trinajstić information content (AvgIpc) is 2.40. The van der Waals surface area contributed by atoms with Crippen LogP contribution in [0.1, 0.15) is 0 Å². The van der Waals surface area contributed by atoms with E-state index in [4.69, 9.17) is 10.5 Å². The van der Waals surface area contributed by atoms with E-state index in [2.05, 4.69) is 15.0 Å². The number of benzene rings is 1. The lowest BCUT2D eigenvalue weighted by Crippen LogP contribution is -2.15. The molecule has 0 amide bonds. The van der Waals surface area contributed by atoms with Crippen LogP contribution in [-0.2, 0) is 0 Å². The van der Waals surface area contributed by atoms with Gasteiger partial charge in [-0.1, -0.05) is 6.07 Å². The molecule has 110 valence electrons. The summed E-state index contributed by atoms with van der Waals surface area (Å²) in [4.78, 5) is 23.0. The molecule has 2 N–H and O–H groups in total. The zero-order valence-electron chi connectivity index (χ0n) is 11.1. The van der Waals surface area contributed by atoms with Gasteiger partial charge in [0.1, 0.15) is 0 Å². The highest BCUT2D eigenvalue weighted by atomic mass is 19.1. The van der Waals surface area contributed by atoms with Crippen molar-refractivity contribution in [3.8, 4) is 11.8 Å². The first kappa shape index (κ1) is 14.4. The van der Waals surface area contributed by atoms with Crippen molar-refractivity contribution in [3.63, 3.8) is 0 Å². The van der Waals surface area contributed by atoms with Crippen LogP contribution < -0.4 is 15.4 Å². The molecule has 1 aromatic heterocycles. The smallest absolute Gasteiger partial charge is 0.328 e. The van der Waals surface area contributed by atoms with Crippen molar-refractivity contribution in [2.24, 2.45) is 0 Å². The molecule has 21 heavy (non-hydrogen) atoms. The van der Waals surface area contributed by atoms with Gasteiger partial charge in [-0.2, -0.15) is 15.0 Å². The Bertz CT molecular complexity index is 694. The Hall–Kier alpha value is -3.04. The summed E-state index contributed by atoms with van der Waals surface area (Å²) in [5.74, 6) is -1.47. The Kier molecular flexibility index (Phi) is 3.78. The highest BCUT2D eigenvalue weighted by Crippen LogP contribution is 2.32. The quantitative estimate of drug-likeness (QED) is 0.662. The van der Waals surface area contributed by atoms with E-state index < -0.39 is 22.2 Å². The minimum Gasteiger partial charge on any atom is -0.414 e. The van der Waals surface area contributed by atoms with Crippen LogP contribution in [0, 0.1) is 15.9 Å². The first-order chi connectivity index (χ1) is 9.88. The second-order valence-electron chi connectivity index (χ2n) is 4.12. The highest BCUT2D eigenvalue weighted by Gasteiger charge is 2.22. The third-order valence-electron chi connectivity index (χ3n) is 2.36. The molecule has 9 nitrogen and oxygen atoms in total. The van der Waals surface area contributed by atoms with Crippen molar-refractivity contribution < 1.29 is 14.1 Å². The molecular weight excluding hydrogens is 283 g/mol. The fraction of sp³-hybridized carbons (Fsp3) is 0.182. The zero-order chi connectivity index (χ0) is 15.6. The molecule has 2 aromatic rings. The number of hydrogen-bond donors (Lipinski definition) is 1. The number of rotatable bonds is 4. The maximum Gasteiger partial charge on any atom is 0.328 e. The lowest BCUT2D eigenvalue weighted by Gasteiger charge is -2.11. The third kappa shape index (κ3) is 3.11. The number of nitrogens with two attached hydrogens (primary N) is 1. The van der Waals surface area contributed by atoms with E-state index in [0.717, 1.165) is 12.1 Å². The first-order valence-electron chi connectivity index (χ1n) is 5.68. The fourth-order valence-electron chi connectivity index (χ4n) is 1.44. The van der Waals surface area contributed by atoms with Gasteiger partial charge in [-0.25, -0.2) is 4.39 Å². The second-order valence-corrected chi connectivity index (χ2v) is 4.12. The molecule has 0 saturated heterocycles. The van der Waals surface area contributed by atoms with Gasteiger partial charge in [0.2, 0.25) is 17.6 Å². The third-order valence-corrected chi connectivity index (χ3v) is 2.36. The number of anilines is 2. The minimum atomic E-state index is -0.908. The lowest BCUT2D eigenvalue weighted by atomic mass is 10.3. The van der Waals surface area contributed by atoms with E-state index in [1.807, 2.05) is 0 Å². The van der Waals surface area contributed by atoms with E-state index in [9.17, 15) is 14.5 Å². The summed E-state index contributed by atoms with van der Waals surface area (Å²) in [6.45, 7) is 0. The molecule has 0 unspecified atom stereocenters. The zero-order valence-corrected chi connectivity index (χ0v) is 11.1. The number of para-hydroxylation sites is 1. The van der Waals surface area contributed by atoms with Crippen LogP contribution in [0.5, 0.6) is 11.8 Å². The van der Waals surface area contributed by atoms with Gasteiger partial charge < -0.3 is 15.4 Å². The van der Waals surface area contributed by atoms with Crippen molar-refractivity contribution >= 4 is 17.6 Å². The molecule has 2 rings (SSSR count). The molecule has 0 aliphatic heterocycles. The topological polar surface area (TPSA) is 120 Å². The highest BCUT2D eigenvalue weighted by molar-refractivity contribution is 5.48. The number of halogens is 1. The Labute approximate surface area is 118 Å². The van der Waals surface area contributed by atoms with E-state index in [1.54, 1.807) is 14.1 Å². The second kappa shape index (κ2) is 5.53. The SMILES string of the molecule is CN(C)c1nc(N)nc(Oc2c(F)cccc2[N+](=O)[O-])n1. The van der Waals surface area contributed by atoms with Crippen molar-refractivity contribution in [3.05, 3.63) is 34.1 Å². The normalized spacial score (nSPS) is 10.2. The molecule has 0 aliphatic rings. The standard InChI is InChI=1S/C11H11FN6O3/c1-17(2)10-14-9(13)15-11(16-10)21-8-6(12)4-3-5-7(8)18(19)20/h3-5H,1-2H3,(H2,13,14,15,16).